The van der Waals surface area contributed by atoms with Gasteiger partial charge in [-0.25, -0.2) is 0 Å². The van der Waals surface area contributed by atoms with E-state index >= 15 is 0 Å². The minimum absolute atomic E-state index is 0.109. The number of ether oxygens (including phenoxy) is 1. The molecule has 2 saturated heterocycles. The molecule has 2 rings (SSSR count). The first-order chi connectivity index (χ1) is 14.0. The van der Waals surface area contributed by atoms with Crippen molar-refractivity contribution in [2.75, 3.05) is 13.1 Å². The van der Waals surface area contributed by atoms with Crippen molar-refractivity contribution < 1.29 is 24.2 Å². The number of hydrogen-bond donors (Lipinski definition) is 3. The van der Waals surface area contributed by atoms with Crippen LogP contribution in [0, 0.1) is 11.8 Å². The number of carbonyl (C=O) groups is 3. The minimum atomic E-state index is -0.725. The molecule has 0 aliphatic carbocycles. The standard InChI is InChI=1S/C22H38N2O5/c1-2-3-8-13-23-20(25)14-21(26)24-15-17-16(18-11-12-19(17)29-18)9-6-4-5-7-10-22(27)28/h16-19H,2-15H2,1H3,(H,23,25)(H,24,26)(H,27,28)/t16-,17+,18-,19+/m0/s1. The average Bonchev–Trinajstić information content (AvgIpc) is 3.28. The molecule has 2 aliphatic heterocycles. The molecule has 2 amide bonds. The third-order valence-electron chi connectivity index (χ3n) is 6.23. The van der Waals surface area contributed by atoms with Crippen molar-refractivity contribution in [3.63, 3.8) is 0 Å². The molecule has 0 spiro atoms. The monoisotopic (exact) mass is 410 g/mol. The number of unbranched alkanes of at least 4 members (excludes halogenated alkanes) is 5. The molecule has 7 nitrogen and oxygen atoms in total. The van der Waals surface area contributed by atoms with Gasteiger partial charge in [0.05, 0.1) is 12.2 Å². The van der Waals surface area contributed by atoms with Gasteiger partial charge in [-0.15, -0.1) is 0 Å². The van der Waals surface area contributed by atoms with E-state index in [1.807, 2.05) is 0 Å². The molecule has 2 aliphatic rings. The second-order valence-electron chi connectivity index (χ2n) is 8.50. The van der Waals surface area contributed by atoms with Crippen molar-refractivity contribution in [3.05, 3.63) is 0 Å². The Morgan fingerprint density at radius 3 is 2.31 bits per heavy atom. The number of nitrogens with one attached hydrogen (secondary N) is 2. The van der Waals surface area contributed by atoms with Crippen LogP contribution in [0.25, 0.3) is 0 Å². The lowest BCUT2D eigenvalue weighted by Crippen LogP contribution is -2.39. The number of aliphatic carboxylic acids is 1. The minimum Gasteiger partial charge on any atom is -0.481 e. The highest BCUT2D eigenvalue weighted by molar-refractivity contribution is 5.96. The molecule has 0 saturated carbocycles. The maximum Gasteiger partial charge on any atom is 0.303 e. The molecule has 166 valence electrons. The van der Waals surface area contributed by atoms with E-state index in [4.69, 9.17) is 9.84 Å². The molecule has 0 radical (unpaired) electrons. The predicted molar refractivity (Wildman–Crippen MR) is 110 cm³/mol. The Morgan fingerprint density at radius 1 is 0.897 bits per heavy atom. The Balaban J connectivity index is 1.65. The van der Waals surface area contributed by atoms with Gasteiger partial charge < -0.3 is 20.5 Å². The summed E-state index contributed by atoms with van der Waals surface area (Å²) in [5, 5.41) is 14.4. The maximum atomic E-state index is 12.1. The first kappa shape index (κ1) is 23.6. The van der Waals surface area contributed by atoms with Gasteiger partial charge in [0.15, 0.2) is 0 Å². The van der Waals surface area contributed by atoms with E-state index in [2.05, 4.69) is 17.6 Å². The fourth-order valence-electron chi connectivity index (χ4n) is 4.67. The van der Waals surface area contributed by atoms with Crippen LogP contribution in [0.2, 0.25) is 0 Å². The number of carboxylic acid groups (broad SMARTS) is 1. The topological polar surface area (TPSA) is 105 Å². The second-order valence-corrected chi connectivity index (χ2v) is 8.50. The molecule has 3 N–H and O–H groups in total. The molecule has 0 unspecified atom stereocenters. The van der Waals surface area contributed by atoms with Crippen molar-refractivity contribution in [2.24, 2.45) is 11.8 Å². The van der Waals surface area contributed by atoms with Crippen molar-refractivity contribution in [3.8, 4) is 0 Å². The molecule has 4 atom stereocenters. The van der Waals surface area contributed by atoms with Crippen LogP contribution in [0.15, 0.2) is 0 Å². The number of carbonyl (C=O) groups excluding carboxylic acids is 2. The molecule has 0 aromatic heterocycles. The highest BCUT2D eigenvalue weighted by Crippen LogP contribution is 2.45. The van der Waals surface area contributed by atoms with Gasteiger partial charge in [-0.1, -0.05) is 39.0 Å². The Kier molecular flexibility index (Phi) is 10.5. The van der Waals surface area contributed by atoms with E-state index in [1.165, 1.54) is 0 Å². The highest BCUT2D eigenvalue weighted by atomic mass is 16.5. The van der Waals surface area contributed by atoms with Crippen LogP contribution in [0.1, 0.15) is 84.0 Å². The zero-order chi connectivity index (χ0) is 21.1. The van der Waals surface area contributed by atoms with Crippen LogP contribution >= 0.6 is 0 Å². The van der Waals surface area contributed by atoms with Gasteiger partial charge in [0.1, 0.15) is 6.42 Å². The molecule has 29 heavy (non-hydrogen) atoms. The maximum absolute atomic E-state index is 12.1. The summed E-state index contributed by atoms with van der Waals surface area (Å²) in [5.41, 5.74) is 0. The molecule has 7 heteroatoms. The van der Waals surface area contributed by atoms with Gasteiger partial charge in [0.25, 0.3) is 0 Å². The third kappa shape index (κ3) is 8.33. The lowest BCUT2D eigenvalue weighted by Gasteiger charge is -2.28. The first-order valence-electron chi connectivity index (χ1n) is 11.4. The van der Waals surface area contributed by atoms with Crippen LogP contribution in [0.4, 0.5) is 0 Å². The van der Waals surface area contributed by atoms with E-state index in [-0.39, 0.29) is 30.8 Å². The summed E-state index contributed by atoms with van der Waals surface area (Å²) in [7, 11) is 0. The summed E-state index contributed by atoms with van der Waals surface area (Å²) < 4.78 is 6.09. The highest BCUT2D eigenvalue weighted by Gasteiger charge is 2.48. The second kappa shape index (κ2) is 12.8. The molecule has 0 aromatic rings. The van der Waals surface area contributed by atoms with Crippen molar-refractivity contribution in [1.82, 2.24) is 10.6 Å². The largest absolute Gasteiger partial charge is 0.481 e. The summed E-state index contributed by atoms with van der Waals surface area (Å²) >= 11 is 0. The molecular formula is C22H38N2O5. The smallest absolute Gasteiger partial charge is 0.303 e. The van der Waals surface area contributed by atoms with Gasteiger partial charge in [-0.3, -0.25) is 14.4 Å². The van der Waals surface area contributed by atoms with E-state index in [9.17, 15) is 14.4 Å². The summed E-state index contributed by atoms with van der Waals surface area (Å²) in [4.78, 5) is 34.5. The Labute approximate surface area is 174 Å². The molecule has 2 bridgehead atoms. The fourth-order valence-corrected chi connectivity index (χ4v) is 4.67. The van der Waals surface area contributed by atoms with Crippen LogP contribution in [-0.2, 0) is 19.1 Å². The molecule has 2 fully saturated rings. The first-order valence-corrected chi connectivity index (χ1v) is 11.4. The van der Waals surface area contributed by atoms with Crippen LogP contribution in [0.5, 0.6) is 0 Å². The van der Waals surface area contributed by atoms with Gasteiger partial charge in [-0.05, 0) is 38.0 Å². The average molecular weight is 411 g/mol. The SMILES string of the molecule is CCCCCNC(=O)CC(=O)NC[C@@H]1[C@H](CCCCCCC(=O)O)[C@@H]2CC[C@H]1O2. The summed E-state index contributed by atoms with van der Waals surface area (Å²) in [6, 6.07) is 0. The summed E-state index contributed by atoms with van der Waals surface area (Å²) in [6.07, 6.45) is 10.8. The Morgan fingerprint density at radius 2 is 1.59 bits per heavy atom. The lowest BCUT2D eigenvalue weighted by atomic mass is 9.76. The number of hydrogen-bond acceptors (Lipinski definition) is 4. The van der Waals surface area contributed by atoms with Gasteiger partial charge in [-0.2, -0.15) is 0 Å². The third-order valence-corrected chi connectivity index (χ3v) is 6.23. The molecule has 2 heterocycles. The van der Waals surface area contributed by atoms with Crippen molar-refractivity contribution in [1.29, 1.82) is 0 Å². The van der Waals surface area contributed by atoms with Crippen LogP contribution < -0.4 is 10.6 Å². The van der Waals surface area contributed by atoms with Crippen LogP contribution in [0.3, 0.4) is 0 Å². The fraction of sp³-hybridized carbons (Fsp3) is 0.864. The van der Waals surface area contributed by atoms with Gasteiger partial charge in [0, 0.05) is 25.4 Å². The van der Waals surface area contributed by atoms with Crippen molar-refractivity contribution >= 4 is 17.8 Å². The van der Waals surface area contributed by atoms with E-state index in [0.29, 0.717) is 31.0 Å². The lowest BCUT2D eigenvalue weighted by molar-refractivity contribution is -0.137. The number of rotatable bonds is 15. The summed E-state index contributed by atoms with van der Waals surface area (Å²) in [6.45, 7) is 3.32. The normalized spacial score (nSPS) is 25.1. The van der Waals surface area contributed by atoms with Gasteiger partial charge >= 0.3 is 5.97 Å². The van der Waals surface area contributed by atoms with E-state index in [1.54, 1.807) is 0 Å². The zero-order valence-electron chi connectivity index (χ0n) is 17.8. The van der Waals surface area contributed by atoms with E-state index in [0.717, 1.165) is 64.2 Å². The predicted octanol–water partition coefficient (Wildman–Crippen LogP) is 3.02. The Bertz CT molecular complexity index is 539. The number of fused-ring (bicyclic) bond motifs is 2. The Hall–Kier alpha value is -1.63. The van der Waals surface area contributed by atoms with Crippen LogP contribution in [-0.4, -0.2) is 48.2 Å². The van der Waals surface area contributed by atoms with Crippen molar-refractivity contribution in [2.45, 2.75) is 96.2 Å². The summed E-state index contributed by atoms with van der Waals surface area (Å²) in [5.74, 6) is -0.369. The molecular weight excluding hydrogens is 372 g/mol. The number of amides is 2. The van der Waals surface area contributed by atoms with Gasteiger partial charge in [0.2, 0.25) is 11.8 Å². The van der Waals surface area contributed by atoms with E-state index < -0.39 is 5.97 Å². The zero-order valence-corrected chi connectivity index (χ0v) is 17.8. The molecule has 0 aromatic carbocycles. The number of carboxylic acids is 1. The quantitative estimate of drug-likeness (QED) is 0.284.